The summed E-state index contributed by atoms with van der Waals surface area (Å²) in [5.41, 5.74) is 1.74. The quantitative estimate of drug-likeness (QED) is 0.366. The highest BCUT2D eigenvalue weighted by atomic mass is 16.5. The highest BCUT2D eigenvalue weighted by molar-refractivity contribution is 5.79. The van der Waals surface area contributed by atoms with Crippen molar-refractivity contribution in [1.82, 2.24) is 25.2 Å². The van der Waals surface area contributed by atoms with Crippen LogP contribution in [0, 0.1) is 0 Å². The van der Waals surface area contributed by atoms with Crippen LogP contribution in [0.15, 0.2) is 53.7 Å². The van der Waals surface area contributed by atoms with Crippen LogP contribution in [0.4, 0.5) is 0 Å². The molecule has 0 saturated heterocycles. The van der Waals surface area contributed by atoms with E-state index in [0.29, 0.717) is 6.54 Å². The molecule has 0 radical (unpaired) electrons. The van der Waals surface area contributed by atoms with Crippen LogP contribution in [0.2, 0.25) is 0 Å². The van der Waals surface area contributed by atoms with Gasteiger partial charge in [0.1, 0.15) is 17.2 Å². The van der Waals surface area contributed by atoms with E-state index in [9.17, 15) is 0 Å². The molecule has 0 aliphatic rings. The third-order valence-corrected chi connectivity index (χ3v) is 4.31. The lowest BCUT2D eigenvalue weighted by Gasteiger charge is -2.23. The minimum absolute atomic E-state index is 0.234. The summed E-state index contributed by atoms with van der Waals surface area (Å²) in [6.07, 6.45) is 3.77. The minimum atomic E-state index is -0.234. The van der Waals surface area contributed by atoms with Crippen molar-refractivity contribution >= 4 is 11.6 Å². The van der Waals surface area contributed by atoms with Crippen LogP contribution in [0.5, 0.6) is 5.75 Å². The first-order chi connectivity index (χ1) is 14.0. The van der Waals surface area contributed by atoms with Gasteiger partial charge in [0.25, 0.3) is 0 Å². The molecule has 0 fully saturated rings. The van der Waals surface area contributed by atoms with Gasteiger partial charge in [-0.1, -0.05) is 24.3 Å². The minimum Gasteiger partial charge on any atom is -0.488 e. The van der Waals surface area contributed by atoms with Crippen LogP contribution in [0.1, 0.15) is 38.6 Å². The van der Waals surface area contributed by atoms with E-state index in [-0.39, 0.29) is 5.60 Å². The highest BCUT2D eigenvalue weighted by Gasteiger charge is 2.14. The fourth-order valence-electron chi connectivity index (χ4n) is 2.99. The van der Waals surface area contributed by atoms with Crippen molar-refractivity contribution in [3.05, 3.63) is 60.0 Å². The molecule has 0 bridgehead atoms. The average molecular weight is 395 g/mol. The summed E-state index contributed by atoms with van der Waals surface area (Å²) in [5.74, 6) is 2.63. The summed E-state index contributed by atoms with van der Waals surface area (Å²) in [7, 11) is 1.78. The Labute approximate surface area is 172 Å². The second-order valence-electron chi connectivity index (χ2n) is 7.82. The number of fused-ring (bicyclic) bond motifs is 1. The van der Waals surface area contributed by atoms with E-state index in [2.05, 4.69) is 52.7 Å². The van der Waals surface area contributed by atoms with Crippen molar-refractivity contribution in [3.8, 4) is 5.75 Å². The Hall–Kier alpha value is -3.09. The first kappa shape index (κ1) is 20.6. The first-order valence-electron chi connectivity index (χ1n) is 9.96. The summed E-state index contributed by atoms with van der Waals surface area (Å²) in [6.45, 7) is 7.59. The number of nitrogens with one attached hydrogen (secondary N) is 2. The summed E-state index contributed by atoms with van der Waals surface area (Å²) >= 11 is 0. The van der Waals surface area contributed by atoms with Crippen molar-refractivity contribution < 1.29 is 4.74 Å². The molecule has 0 aliphatic heterocycles. The van der Waals surface area contributed by atoms with Crippen LogP contribution in [0.3, 0.4) is 0 Å². The van der Waals surface area contributed by atoms with Gasteiger partial charge >= 0.3 is 0 Å². The van der Waals surface area contributed by atoms with E-state index in [0.717, 1.165) is 48.1 Å². The number of para-hydroxylation sites is 1. The van der Waals surface area contributed by atoms with Crippen molar-refractivity contribution in [1.29, 1.82) is 0 Å². The molecule has 0 saturated carbocycles. The number of hydrogen-bond acceptors (Lipinski definition) is 4. The number of rotatable bonds is 7. The molecule has 2 aromatic heterocycles. The summed E-state index contributed by atoms with van der Waals surface area (Å²) in [5, 5.41) is 15.2. The first-order valence-corrected chi connectivity index (χ1v) is 9.96. The Morgan fingerprint density at radius 2 is 1.86 bits per heavy atom. The predicted molar refractivity (Wildman–Crippen MR) is 116 cm³/mol. The van der Waals surface area contributed by atoms with Crippen LogP contribution in [0.25, 0.3) is 5.65 Å². The zero-order valence-corrected chi connectivity index (χ0v) is 17.6. The molecule has 2 N–H and O–H groups in total. The second kappa shape index (κ2) is 9.41. The number of guanidine groups is 1. The molecule has 29 heavy (non-hydrogen) atoms. The highest BCUT2D eigenvalue weighted by Crippen LogP contribution is 2.22. The number of hydrogen-bond donors (Lipinski definition) is 2. The van der Waals surface area contributed by atoms with Crippen molar-refractivity contribution in [3.63, 3.8) is 0 Å². The number of nitrogens with zero attached hydrogens (tertiary/aromatic N) is 4. The van der Waals surface area contributed by atoms with Gasteiger partial charge < -0.3 is 15.4 Å². The molecule has 154 valence electrons. The topological polar surface area (TPSA) is 75.8 Å². The molecule has 3 rings (SSSR count). The van der Waals surface area contributed by atoms with Crippen LogP contribution >= 0.6 is 0 Å². The molecule has 7 heteroatoms. The maximum atomic E-state index is 6.06. The molecule has 0 unspecified atom stereocenters. The lowest BCUT2D eigenvalue weighted by atomic mass is 10.1. The Kier molecular flexibility index (Phi) is 6.69. The molecule has 2 heterocycles. The average Bonchev–Trinajstić information content (AvgIpc) is 3.10. The fourth-order valence-corrected chi connectivity index (χ4v) is 2.99. The number of aliphatic imine (C=N–C) groups is 1. The fraction of sp³-hybridized carbons (Fsp3) is 0.409. The van der Waals surface area contributed by atoms with Gasteiger partial charge in [-0.3, -0.25) is 9.39 Å². The lowest BCUT2D eigenvalue weighted by Crippen LogP contribution is -2.37. The van der Waals surface area contributed by atoms with Crippen molar-refractivity contribution in [2.45, 2.75) is 45.8 Å². The number of pyridine rings is 1. The van der Waals surface area contributed by atoms with Gasteiger partial charge in [-0.15, -0.1) is 10.2 Å². The molecule has 0 amide bonds. The number of aryl methyl sites for hydroxylation is 1. The molecular weight excluding hydrogens is 364 g/mol. The molecule has 1 aromatic carbocycles. The molecule has 0 spiro atoms. The molecular formula is C22H30N6O. The van der Waals surface area contributed by atoms with E-state index in [4.69, 9.17) is 4.74 Å². The van der Waals surface area contributed by atoms with Crippen LogP contribution < -0.4 is 15.4 Å². The Morgan fingerprint density at radius 3 is 2.66 bits per heavy atom. The number of benzene rings is 1. The number of ether oxygens (including phenoxy) is 1. The van der Waals surface area contributed by atoms with E-state index in [1.165, 1.54) is 0 Å². The van der Waals surface area contributed by atoms with Gasteiger partial charge in [0.2, 0.25) is 0 Å². The zero-order valence-electron chi connectivity index (χ0n) is 17.6. The standard InChI is InChI=1S/C22H30N6O/c1-22(2,3)29-18-11-6-5-10-17(18)16-25-21(23-4)24-14-9-13-20-27-26-19-12-7-8-15-28(19)20/h5-8,10-12,15H,9,13-14,16H2,1-4H3,(H2,23,24,25). The van der Waals surface area contributed by atoms with E-state index in [1.54, 1.807) is 7.05 Å². The summed E-state index contributed by atoms with van der Waals surface area (Å²) in [6, 6.07) is 14.0. The normalized spacial score (nSPS) is 12.2. The van der Waals surface area contributed by atoms with Gasteiger partial charge in [-0.25, -0.2) is 0 Å². The lowest BCUT2D eigenvalue weighted by molar-refractivity contribution is 0.129. The van der Waals surface area contributed by atoms with Crippen LogP contribution in [-0.4, -0.2) is 39.8 Å². The Balaban J connectivity index is 1.48. The van der Waals surface area contributed by atoms with Gasteiger partial charge in [-0.05, 0) is 45.4 Å². The zero-order chi connectivity index (χ0) is 20.7. The third-order valence-electron chi connectivity index (χ3n) is 4.31. The van der Waals surface area contributed by atoms with Gasteiger partial charge in [-0.2, -0.15) is 0 Å². The Bertz CT molecular complexity index is 957. The van der Waals surface area contributed by atoms with Gasteiger partial charge in [0.05, 0.1) is 0 Å². The third kappa shape index (κ3) is 5.94. The van der Waals surface area contributed by atoms with Gasteiger partial charge in [0.15, 0.2) is 11.6 Å². The van der Waals surface area contributed by atoms with E-state index in [1.807, 2.05) is 47.0 Å². The van der Waals surface area contributed by atoms with Crippen molar-refractivity contribution in [2.24, 2.45) is 4.99 Å². The maximum Gasteiger partial charge on any atom is 0.191 e. The predicted octanol–water partition coefficient (Wildman–Crippen LogP) is 3.20. The second-order valence-corrected chi connectivity index (χ2v) is 7.82. The van der Waals surface area contributed by atoms with Crippen molar-refractivity contribution in [2.75, 3.05) is 13.6 Å². The monoisotopic (exact) mass is 394 g/mol. The number of aromatic nitrogens is 3. The summed E-state index contributed by atoms with van der Waals surface area (Å²) < 4.78 is 8.09. The molecule has 0 aliphatic carbocycles. The smallest absolute Gasteiger partial charge is 0.191 e. The Morgan fingerprint density at radius 1 is 1.07 bits per heavy atom. The summed E-state index contributed by atoms with van der Waals surface area (Å²) in [4.78, 5) is 4.31. The van der Waals surface area contributed by atoms with E-state index < -0.39 is 0 Å². The molecule has 7 nitrogen and oxygen atoms in total. The van der Waals surface area contributed by atoms with Gasteiger partial charge in [0, 0.05) is 38.3 Å². The van der Waals surface area contributed by atoms with Crippen LogP contribution in [-0.2, 0) is 13.0 Å². The van der Waals surface area contributed by atoms with E-state index >= 15 is 0 Å². The molecule has 3 aromatic rings. The largest absolute Gasteiger partial charge is 0.488 e. The molecule has 0 atom stereocenters. The SMILES string of the molecule is CN=C(NCCCc1nnc2ccccn12)NCc1ccccc1OC(C)(C)C. The maximum absolute atomic E-state index is 6.06.